The topological polar surface area (TPSA) is 79.4 Å². The van der Waals surface area contributed by atoms with E-state index in [4.69, 9.17) is 11.6 Å². The van der Waals surface area contributed by atoms with E-state index in [1.54, 1.807) is 59.8 Å². The number of hydrogen-bond donors (Lipinski definition) is 1. The number of carbonyl (C=O) groups is 1. The van der Waals surface area contributed by atoms with E-state index in [1.165, 1.54) is 6.07 Å². The number of anilines is 1. The molecule has 0 radical (unpaired) electrons. The van der Waals surface area contributed by atoms with E-state index in [1.807, 2.05) is 6.07 Å². The summed E-state index contributed by atoms with van der Waals surface area (Å²) in [7, 11) is -3.69. The lowest BCUT2D eigenvalue weighted by Gasteiger charge is -2.30. The van der Waals surface area contributed by atoms with Crippen molar-refractivity contribution in [3.8, 4) is 0 Å². The first-order valence-electron chi connectivity index (χ1n) is 9.53. The highest BCUT2D eigenvalue weighted by atomic mass is 35.5. The van der Waals surface area contributed by atoms with E-state index < -0.39 is 10.0 Å². The summed E-state index contributed by atoms with van der Waals surface area (Å²) in [5.74, 6) is -0.149. The molecule has 0 fully saturated rings. The second kappa shape index (κ2) is 8.55. The molecule has 4 rings (SSSR count). The summed E-state index contributed by atoms with van der Waals surface area (Å²) in [6, 6.07) is 15.3. The third kappa shape index (κ3) is 4.38. The number of benzene rings is 2. The maximum atomic E-state index is 13.0. The van der Waals surface area contributed by atoms with Crippen molar-refractivity contribution in [2.45, 2.75) is 24.3 Å². The van der Waals surface area contributed by atoms with Gasteiger partial charge in [-0.1, -0.05) is 23.7 Å². The van der Waals surface area contributed by atoms with E-state index >= 15 is 0 Å². The highest BCUT2D eigenvalue weighted by molar-refractivity contribution is 7.89. The van der Waals surface area contributed by atoms with E-state index in [9.17, 15) is 13.2 Å². The van der Waals surface area contributed by atoms with Crippen LogP contribution in [0.2, 0.25) is 5.02 Å². The fourth-order valence-electron chi connectivity index (χ4n) is 3.49. The van der Waals surface area contributed by atoms with Crippen LogP contribution in [0.4, 0.5) is 5.69 Å². The van der Waals surface area contributed by atoms with Crippen molar-refractivity contribution < 1.29 is 13.2 Å². The normalized spacial score (nSPS) is 13.7. The minimum Gasteiger partial charge on any atom is -0.308 e. The van der Waals surface area contributed by atoms with Gasteiger partial charge in [-0.05, 0) is 66.4 Å². The Labute approximate surface area is 180 Å². The number of amides is 1. The lowest BCUT2D eigenvalue weighted by atomic mass is 10.0. The molecule has 0 atom stereocenters. The average Bonchev–Trinajstić information content (AvgIpc) is 2.77. The van der Waals surface area contributed by atoms with Crippen molar-refractivity contribution >= 4 is 33.2 Å². The fourth-order valence-corrected chi connectivity index (χ4v) is 4.75. The molecule has 1 aromatic heterocycles. The summed E-state index contributed by atoms with van der Waals surface area (Å²) >= 11 is 6.02. The molecule has 0 bridgehead atoms. The zero-order valence-electron chi connectivity index (χ0n) is 16.1. The maximum Gasteiger partial charge on any atom is 0.258 e. The minimum absolute atomic E-state index is 0.149. The van der Waals surface area contributed by atoms with Gasteiger partial charge in [-0.3, -0.25) is 9.78 Å². The summed E-state index contributed by atoms with van der Waals surface area (Å²) in [5.41, 5.74) is 2.85. The van der Waals surface area contributed by atoms with Gasteiger partial charge >= 0.3 is 0 Å². The number of fused-ring (bicyclic) bond motifs is 1. The zero-order chi connectivity index (χ0) is 21.1. The van der Waals surface area contributed by atoms with Crippen LogP contribution < -0.4 is 9.62 Å². The zero-order valence-corrected chi connectivity index (χ0v) is 17.7. The fraction of sp³-hybridized carbons (Fsp3) is 0.182. The standard InChI is InChI=1S/C22H20ClN3O3S/c23-19-7-1-5-18(12-19)22(27)26-11-3-6-17-13-20(8-9-21(17)26)30(28,29)25-15-16-4-2-10-24-14-16/h1-2,4-5,7-10,12-14,25H,3,6,11,15H2. The van der Waals surface area contributed by atoms with Crippen LogP contribution in [0.25, 0.3) is 0 Å². The largest absolute Gasteiger partial charge is 0.308 e. The van der Waals surface area contributed by atoms with E-state index in [-0.39, 0.29) is 17.3 Å². The van der Waals surface area contributed by atoms with Gasteiger partial charge in [0.2, 0.25) is 10.0 Å². The van der Waals surface area contributed by atoms with Gasteiger partial charge < -0.3 is 4.90 Å². The van der Waals surface area contributed by atoms with Crippen molar-refractivity contribution in [1.29, 1.82) is 0 Å². The van der Waals surface area contributed by atoms with Gasteiger partial charge in [-0.2, -0.15) is 0 Å². The molecule has 2 aromatic carbocycles. The number of carbonyl (C=O) groups excluding carboxylic acids is 1. The number of nitrogens with one attached hydrogen (secondary N) is 1. The van der Waals surface area contributed by atoms with Crippen molar-refractivity contribution in [2.75, 3.05) is 11.4 Å². The van der Waals surface area contributed by atoms with Crippen molar-refractivity contribution in [2.24, 2.45) is 0 Å². The molecule has 154 valence electrons. The Morgan fingerprint density at radius 3 is 2.77 bits per heavy atom. The van der Waals surface area contributed by atoms with E-state index in [0.29, 0.717) is 23.6 Å². The number of halogens is 1. The maximum absolute atomic E-state index is 13.0. The van der Waals surface area contributed by atoms with Gasteiger partial charge in [0.1, 0.15) is 0 Å². The molecule has 0 unspecified atom stereocenters. The van der Waals surface area contributed by atoms with Crippen LogP contribution >= 0.6 is 11.6 Å². The summed E-state index contributed by atoms with van der Waals surface area (Å²) in [4.78, 5) is 18.8. The van der Waals surface area contributed by atoms with Crippen LogP contribution in [0.3, 0.4) is 0 Å². The molecule has 1 amide bonds. The number of aromatic nitrogens is 1. The lowest BCUT2D eigenvalue weighted by molar-refractivity contribution is 0.0985. The van der Waals surface area contributed by atoms with Crippen LogP contribution in [0.5, 0.6) is 0 Å². The predicted molar refractivity (Wildman–Crippen MR) is 116 cm³/mol. The molecule has 6 nitrogen and oxygen atoms in total. The molecular formula is C22H20ClN3O3S. The Morgan fingerprint density at radius 2 is 2.00 bits per heavy atom. The Kier molecular flexibility index (Phi) is 5.85. The molecule has 0 aliphatic carbocycles. The first kappa shape index (κ1) is 20.5. The minimum atomic E-state index is -3.69. The molecule has 0 saturated carbocycles. The number of sulfonamides is 1. The van der Waals surface area contributed by atoms with Crippen LogP contribution in [0.15, 0.2) is 71.9 Å². The number of nitrogens with zero attached hydrogens (tertiary/aromatic N) is 2. The SMILES string of the molecule is O=C(c1cccc(Cl)c1)N1CCCc2cc(S(=O)(=O)NCc3cccnc3)ccc21. The molecule has 1 aliphatic heterocycles. The molecule has 3 aromatic rings. The van der Waals surface area contributed by atoms with E-state index in [0.717, 1.165) is 23.2 Å². The Bertz CT molecular complexity index is 1180. The molecule has 0 spiro atoms. The van der Waals surface area contributed by atoms with Gasteiger partial charge in [-0.25, -0.2) is 13.1 Å². The van der Waals surface area contributed by atoms with Crippen molar-refractivity contribution in [3.63, 3.8) is 0 Å². The van der Waals surface area contributed by atoms with Crippen LogP contribution in [-0.4, -0.2) is 25.9 Å². The smallest absolute Gasteiger partial charge is 0.258 e. The molecular weight excluding hydrogens is 422 g/mol. The highest BCUT2D eigenvalue weighted by Gasteiger charge is 2.25. The Hall–Kier alpha value is -2.74. The van der Waals surface area contributed by atoms with Gasteiger partial charge in [0.25, 0.3) is 5.91 Å². The summed E-state index contributed by atoms with van der Waals surface area (Å²) < 4.78 is 28.1. The monoisotopic (exact) mass is 441 g/mol. The number of rotatable bonds is 5. The van der Waals surface area contributed by atoms with Gasteiger partial charge in [-0.15, -0.1) is 0 Å². The Balaban J connectivity index is 1.57. The second-order valence-electron chi connectivity index (χ2n) is 7.05. The molecule has 30 heavy (non-hydrogen) atoms. The number of aryl methyl sites for hydroxylation is 1. The van der Waals surface area contributed by atoms with Gasteiger partial charge in [0, 0.05) is 41.8 Å². The third-order valence-electron chi connectivity index (χ3n) is 4.99. The molecule has 2 heterocycles. The average molecular weight is 442 g/mol. The van der Waals surface area contributed by atoms with E-state index in [2.05, 4.69) is 9.71 Å². The van der Waals surface area contributed by atoms with Crippen LogP contribution in [0, 0.1) is 0 Å². The summed E-state index contributed by atoms with van der Waals surface area (Å²) in [6.45, 7) is 0.732. The quantitative estimate of drug-likeness (QED) is 0.653. The lowest BCUT2D eigenvalue weighted by Crippen LogP contribution is -2.35. The van der Waals surface area contributed by atoms with Crippen molar-refractivity contribution in [1.82, 2.24) is 9.71 Å². The molecule has 0 saturated heterocycles. The molecule has 1 aliphatic rings. The number of pyridine rings is 1. The first-order valence-corrected chi connectivity index (χ1v) is 11.4. The number of hydrogen-bond acceptors (Lipinski definition) is 4. The second-order valence-corrected chi connectivity index (χ2v) is 9.25. The third-order valence-corrected chi connectivity index (χ3v) is 6.62. The van der Waals surface area contributed by atoms with Gasteiger partial charge in [0.05, 0.1) is 4.90 Å². The first-order chi connectivity index (χ1) is 14.4. The molecule has 1 N–H and O–H groups in total. The van der Waals surface area contributed by atoms with Crippen LogP contribution in [0.1, 0.15) is 27.9 Å². The summed E-state index contributed by atoms with van der Waals surface area (Å²) in [5, 5.41) is 0.499. The highest BCUT2D eigenvalue weighted by Crippen LogP contribution is 2.31. The molecule has 8 heteroatoms. The van der Waals surface area contributed by atoms with Crippen LogP contribution in [-0.2, 0) is 23.0 Å². The van der Waals surface area contributed by atoms with Gasteiger partial charge in [0.15, 0.2) is 0 Å². The van der Waals surface area contributed by atoms with Crippen molar-refractivity contribution in [3.05, 3.63) is 88.7 Å². The predicted octanol–water partition coefficient (Wildman–Crippen LogP) is 3.81. The Morgan fingerprint density at radius 1 is 1.13 bits per heavy atom. The summed E-state index contributed by atoms with van der Waals surface area (Å²) in [6.07, 6.45) is 4.72.